The normalized spacial score (nSPS) is 19.6. The van der Waals surface area contributed by atoms with Crippen molar-refractivity contribution in [1.29, 1.82) is 0 Å². The van der Waals surface area contributed by atoms with E-state index in [2.05, 4.69) is 6.58 Å². The van der Waals surface area contributed by atoms with Crippen molar-refractivity contribution in [3.05, 3.63) is 48.0 Å². The van der Waals surface area contributed by atoms with E-state index in [-0.39, 0.29) is 30.5 Å². The van der Waals surface area contributed by atoms with E-state index in [1.165, 1.54) is 18.2 Å². The molecule has 2 unspecified atom stereocenters. The second-order valence-corrected chi connectivity index (χ2v) is 6.30. The van der Waals surface area contributed by atoms with Crippen LogP contribution in [0.3, 0.4) is 0 Å². The lowest BCUT2D eigenvalue weighted by molar-refractivity contribution is -0.159. The average Bonchev–Trinajstić information content (AvgIpc) is 3.21. The van der Waals surface area contributed by atoms with E-state index in [4.69, 9.17) is 0 Å². The molecule has 2 N–H and O–H groups in total. The lowest BCUT2D eigenvalue weighted by Gasteiger charge is -2.34. The minimum atomic E-state index is -1.50. The Kier molecular flexibility index (Phi) is 4.87. The lowest BCUT2D eigenvalue weighted by Crippen LogP contribution is -2.58. The van der Waals surface area contributed by atoms with E-state index in [1.807, 2.05) is 0 Å². The molecule has 3 rings (SSSR count). The molecule has 4 amide bonds. The molecule has 2 atom stereocenters. The molecule has 1 saturated heterocycles. The molecule has 1 aromatic carbocycles. The summed E-state index contributed by atoms with van der Waals surface area (Å²) < 4.78 is 0. The summed E-state index contributed by atoms with van der Waals surface area (Å²) in [5.41, 5.74) is 0.251. The summed E-state index contributed by atoms with van der Waals surface area (Å²) in [6.07, 6.45) is -0.447. The highest BCUT2D eigenvalue weighted by atomic mass is 16.4. The van der Waals surface area contributed by atoms with Gasteiger partial charge in [0.25, 0.3) is 17.7 Å². The fourth-order valence-corrected chi connectivity index (χ4v) is 3.45. The Morgan fingerprint density at radius 2 is 1.71 bits per heavy atom. The number of imide groups is 1. The maximum atomic E-state index is 13.2. The SMILES string of the molecule is C=CCC(C(=O)N1C(C(=O)O)CCN1C(=O)O)N1C(=O)c2ccccc2C1=O. The molecule has 0 bridgehead atoms. The average molecular weight is 387 g/mol. The van der Waals surface area contributed by atoms with Crippen LogP contribution in [-0.4, -0.2) is 73.5 Å². The van der Waals surface area contributed by atoms with Crippen LogP contribution in [0.5, 0.6) is 0 Å². The lowest BCUT2D eigenvalue weighted by atomic mass is 10.1. The molecule has 10 heteroatoms. The van der Waals surface area contributed by atoms with Crippen LogP contribution in [0.25, 0.3) is 0 Å². The van der Waals surface area contributed by atoms with E-state index in [0.29, 0.717) is 10.0 Å². The summed E-state index contributed by atoms with van der Waals surface area (Å²) in [6, 6.07) is 3.22. The standard InChI is InChI=1S/C18H17N3O7/c1-2-5-12(20-14(22)10-6-3-4-7-11(10)15(20)23)16(24)21-13(17(25)26)8-9-19(21)18(27)28/h2-4,6-7,12-13H,1,5,8-9H2,(H,25,26)(H,27,28). The Hall–Kier alpha value is -3.69. The van der Waals surface area contributed by atoms with Crippen molar-refractivity contribution < 1.29 is 34.2 Å². The van der Waals surface area contributed by atoms with Gasteiger partial charge in [0.2, 0.25) is 0 Å². The molecule has 2 aliphatic rings. The van der Waals surface area contributed by atoms with Crippen LogP contribution in [0.2, 0.25) is 0 Å². The van der Waals surface area contributed by atoms with Gasteiger partial charge in [0.05, 0.1) is 11.1 Å². The van der Waals surface area contributed by atoms with E-state index in [0.717, 1.165) is 4.90 Å². The number of rotatable bonds is 5. The van der Waals surface area contributed by atoms with Gasteiger partial charge in [-0.2, -0.15) is 0 Å². The van der Waals surface area contributed by atoms with Crippen LogP contribution < -0.4 is 0 Å². The summed E-state index contributed by atoms with van der Waals surface area (Å²) in [7, 11) is 0. The number of carboxylic acid groups (broad SMARTS) is 2. The molecule has 0 radical (unpaired) electrons. The molecule has 0 aliphatic carbocycles. The third kappa shape index (κ3) is 2.88. The van der Waals surface area contributed by atoms with Gasteiger partial charge in [-0.3, -0.25) is 19.3 Å². The number of aliphatic carboxylic acids is 1. The van der Waals surface area contributed by atoms with Crippen molar-refractivity contribution in [3.63, 3.8) is 0 Å². The van der Waals surface area contributed by atoms with Crippen LogP contribution >= 0.6 is 0 Å². The summed E-state index contributed by atoms with van der Waals surface area (Å²) in [4.78, 5) is 62.3. The first kappa shape index (κ1) is 19.1. The molecular formula is C18H17N3O7. The van der Waals surface area contributed by atoms with Gasteiger partial charge in [-0.1, -0.05) is 18.2 Å². The topological polar surface area (TPSA) is 136 Å². The van der Waals surface area contributed by atoms with E-state index < -0.39 is 41.9 Å². The zero-order valence-corrected chi connectivity index (χ0v) is 14.6. The van der Waals surface area contributed by atoms with Crippen molar-refractivity contribution >= 4 is 29.8 Å². The summed E-state index contributed by atoms with van der Waals surface area (Å²) in [5, 5.41) is 19.9. The molecule has 0 aromatic heterocycles. The van der Waals surface area contributed by atoms with Gasteiger partial charge in [0.1, 0.15) is 6.04 Å². The third-order valence-corrected chi connectivity index (χ3v) is 4.71. The van der Waals surface area contributed by atoms with Crippen LogP contribution in [0.15, 0.2) is 36.9 Å². The van der Waals surface area contributed by atoms with Crippen LogP contribution in [0.1, 0.15) is 33.6 Å². The Labute approximate surface area is 159 Å². The number of fused-ring (bicyclic) bond motifs is 1. The maximum absolute atomic E-state index is 13.2. The molecule has 10 nitrogen and oxygen atoms in total. The van der Waals surface area contributed by atoms with Gasteiger partial charge in [0.15, 0.2) is 6.04 Å². The first-order chi connectivity index (χ1) is 13.3. The Bertz CT molecular complexity index is 840. The Morgan fingerprint density at radius 3 is 2.18 bits per heavy atom. The second-order valence-electron chi connectivity index (χ2n) is 6.30. The molecule has 1 aromatic rings. The number of carbonyl (C=O) groups is 5. The second kappa shape index (κ2) is 7.14. The first-order valence-corrected chi connectivity index (χ1v) is 8.43. The molecule has 146 valence electrons. The van der Waals surface area contributed by atoms with Gasteiger partial charge >= 0.3 is 12.1 Å². The Balaban J connectivity index is 2.00. The van der Waals surface area contributed by atoms with Gasteiger partial charge in [-0.25, -0.2) is 19.6 Å². The molecule has 2 heterocycles. The van der Waals surface area contributed by atoms with E-state index in [9.17, 15) is 34.2 Å². The zero-order chi connectivity index (χ0) is 20.6. The molecule has 0 spiro atoms. The Morgan fingerprint density at radius 1 is 1.14 bits per heavy atom. The van der Waals surface area contributed by atoms with Crippen LogP contribution in [0.4, 0.5) is 4.79 Å². The fourth-order valence-electron chi connectivity index (χ4n) is 3.45. The molecule has 0 saturated carbocycles. The van der Waals surface area contributed by atoms with Crippen molar-refractivity contribution in [1.82, 2.24) is 14.9 Å². The molecule has 1 fully saturated rings. The smallest absolute Gasteiger partial charge is 0.426 e. The number of benzene rings is 1. The summed E-state index contributed by atoms with van der Waals surface area (Å²) in [5.74, 6) is -3.75. The van der Waals surface area contributed by atoms with Crippen molar-refractivity contribution in [3.8, 4) is 0 Å². The number of hydrogen-bond donors (Lipinski definition) is 2. The number of hydrazine groups is 1. The maximum Gasteiger partial charge on any atom is 0.426 e. The van der Waals surface area contributed by atoms with Gasteiger partial charge in [0, 0.05) is 13.0 Å². The predicted molar refractivity (Wildman–Crippen MR) is 93.2 cm³/mol. The van der Waals surface area contributed by atoms with Crippen molar-refractivity contribution in [2.24, 2.45) is 0 Å². The molecule has 28 heavy (non-hydrogen) atoms. The number of nitrogens with zero attached hydrogens (tertiary/aromatic N) is 3. The quantitative estimate of drug-likeness (QED) is 0.564. The highest BCUT2D eigenvalue weighted by Gasteiger charge is 2.49. The number of hydrogen-bond acceptors (Lipinski definition) is 5. The number of carbonyl (C=O) groups excluding carboxylic acids is 3. The monoisotopic (exact) mass is 387 g/mol. The fraction of sp³-hybridized carbons (Fsp3) is 0.278. The minimum Gasteiger partial charge on any atom is -0.480 e. The van der Waals surface area contributed by atoms with E-state index in [1.54, 1.807) is 12.1 Å². The highest BCUT2D eigenvalue weighted by molar-refractivity contribution is 6.22. The first-order valence-electron chi connectivity index (χ1n) is 8.43. The summed E-state index contributed by atoms with van der Waals surface area (Å²) in [6.45, 7) is 3.33. The molecule has 2 aliphatic heterocycles. The summed E-state index contributed by atoms with van der Waals surface area (Å²) >= 11 is 0. The zero-order valence-electron chi connectivity index (χ0n) is 14.6. The largest absolute Gasteiger partial charge is 0.480 e. The van der Waals surface area contributed by atoms with Gasteiger partial charge < -0.3 is 10.2 Å². The number of amides is 4. The third-order valence-electron chi connectivity index (χ3n) is 4.71. The van der Waals surface area contributed by atoms with Crippen LogP contribution in [-0.2, 0) is 9.59 Å². The van der Waals surface area contributed by atoms with E-state index >= 15 is 0 Å². The number of carboxylic acids is 1. The van der Waals surface area contributed by atoms with Crippen LogP contribution in [0, 0.1) is 0 Å². The molecular weight excluding hydrogens is 370 g/mol. The van der Waals surface area contributed by atoms with Crippen molar-refractivity contribution in [2.75, 3.05) is 6.54 Å². The minimum absolute atomic E-state index is 0.101. The van der Waals surface area contributed by atoms with Crippen molar-refractivity contribution in [2.45, 2.75) is 24.9 Å². The van der Waals surface area contributed by atoms with Gasteiger partial charge in [-0.05, 0) is 18.6 Å². The predicted octanol–water partition coefficient (Wildman–Crippen LogP) is 0.808. The highest BCUT2D eigenvalue weighted by Crippen LogP contribution is 2.29. The van der Waals surface area contributed by atoms with Gasteiger partial charge in [-0.15, -0.1) is 6.58 Å².